The minimum Gasteiger partial charge on any atom is -0.444 e. The Hall–Kier alpha value is -1.59. The van der Waals surface area contributed by atoms with Crippen molar-refractivity contribution in [3.8, 4) is 0 Å². The largest absolute Gasteiger partial charge is 0.444 e. The number of ether oxygens (including phenoxy) is 1. The highest BCUT2D eigenvalue weighted by Crippen LogP contribution is 2.09. The summed E-state index contributed by atoms with van der Waals surface area (Å²) in [6.45, 7) is 15.2. The van der Waals surface area contributed by atoms with Gasteiger partial charge in [0.1, 0.15) is 18.0 Å². The molecule has 0 unspecified atom stereocenters. The van der Waals surface area contributed by atoms with E-state index in [0.29, 0.717) is 19.0 Å². The van der Waals surface area contributed by atoms with Gasteiger partial charge in [-0.15, -0.1) is 34.2 Å². The molecule has 1 amide bonds. The second-order valence-corrected chi connectivity index (χ2v) is 8.53. The molecule has 0 saturated heterocycles. The van der Waals surface area contributed by atoms with E-state index in [1.807, 2.05) is 53.2 Å². The lowest BCUT2D eigenvalue weighted by atomic mass is 10.1. The lowest BCUT2D eigenvalue weighted by Crippen LogP contribution is -2.54. The molecule has 1 aromatic rings. The first kappa shape index (κ1) is 27.4. The summed E-state index contributed by atoms with van der Waals surface area (Å²) in [6.07, 6.45) is 1.70. The number of amides is 1. The molecule has 1 rings (SSSR count). The molecule has 1 aromatic heterocycles. The van der Waals surface area contributed by atoms with Gasteiger partial charge in [-0.3, -0.25) is 0 Å². The SMILES string of the molecule is CCCCNC(=NCc1nnc(C)n1C)NCC(C)(C)NC(=O)OC(C)(C)C.I. The predicted octanol–water partition coefficient (Wildman–Crippen LogP) is 2.88. The summed E-state index contributed by atoms with van der Waals surface area (Å²) in [5.41, 5.74) is -1.05. The molecular formula is C19H38IN7O2. The zero-order valence-corrected chi connectivity index (χ0v) is 21.4. The molecule has 168 valence electrons. The Morgan fingerprint density at radius 3 is 2.34 bits per heavy atom. The molecule has 29 heavy (non-hydrogen) atoms. The van der Waals surface area contributed by atoms with Crippen LogP contribution in [0.15, 0.2) is 4.99 Å². The maximum absolute atomic E-state index is 12.1. The molecule has 0 fully saturated rings. The quantitative estimate of drug-likeness (QED) is 0.210. The average Bonchev–Trinajstić information content (AvgIpc) is 2.86. The molecule has 1 heterocycles. The lowest BCUT2D eigenvalue weighted by molar-refractivity contribution is 0.0474. The van der Waals surface area contributed by atoms with E-state index >= 15 is 0 Å². The molecule has 9 nitrogen and oxygen atoms in total. The molecule has 0 aliphatic rings. The van der Waals surface area contributed by atoms with Gasteiger partial charge >= 0.3 is 6.09 Å². The molecule has 0 spiro atoms. The van der Waals surface area contributed by atoms with Crippen LogP contribution in [-0.2, 0) is 18.3 Å². The average molecular weight is 523 g/mol. The van der Waals surface area contributed by atoms with Crippen LogP contribution in [-0.4, -0.2) is 51.0 Å². The molecule has 0 bridgehead atoms. The number of aryl methyl sites for hydroxylation is 1. The van der Waals surface area contributed by atoms with Crippen LogP contribution in [0.25, 0.3) is 0 Å². The fourth-order valence-corrected chi connectivity index (χ4v) is 2.23. The van der Waals surface area contributed by atoms with Crippen LogP contribution in [0.4, 0.5) is 4.79 Å². The summed E-state index contributed by atoms with van der Waals surface area (Å²) >= 11 is 0. The van der Waals surface area contributed by atoms with Crippen LogP contribution in [0, 0.1) is 6.92 Å². The third kappa shape index (κ3) is 11.2. The minimum atomic E-state index is -0.532. The summed E-state index contributed by atoms with van der Waals surface area (Å²) in [6, 6.07) is 0. The molecule has 3 N–H and O–H groups in total. The van der Waals surface area contributed by atoms with Crippen molar-refractivity contribution in [2.75, 3.05) is 13.1 Å². The van der Waals surface area contributed by atoms with Crippen LogP contribution in [0.5, 0.6) is 0 Å². The lowest BCUT2D eigenvalue weighted by Gasteiger charge is -2.29. The zero-order chi connectivity index (χ0) is 21.4. The van der Waals surface area contributed by atoms with Gasteiger partial charge in [-0.25, -0.2) is 9.79 Å². The Bertz CT molecular complexity index is 666. The number of nitrogens with zero attached hydrogens (tertiary/aromatic N) is 4. The topological polar surface area (TPSA) is 105 Å². The Labute approximate surface area is 191 Å². The van der Waals surface area contributed by atoms with E-state index in [0.717, 1.165) is 31.0 Å². The van der Waals surface area contributed by atoms with Gasteiger partial charge in [0.25, 0.3) is 0 Å². The Balaban J connectivity index is 0.00000784. The van der Waals surface area contributed by atoms with Crippen LogP contribution >= 0.6 is 24.0 Å². The Morgan fingerprint density at radius 2 is 1.83 bits per heavy atom. The highest BCUT2D eigenvalue weighted by molar-refractivity contribution is 14.0. The van der Waals surface area contributed by atoms with E-state index in [2.05, 4.69) is 38.1 Å². The Morgan fingerprint density at radius 1 is 1.17 bits per heavy atom. The number of rotatable bonds is 8. The van der Waals surface area contributed by atoms with Crippen molar-refractivity contribution >= 4 is 36.0 Å². The molecule has 0 radical (unpaired) electrons. The van der Waals surface area contributed by atoms with Crippen molar-refractivity contribution in [1.29, 1.82) is 0 Å². The van der Waals surface area contributed by atoms with E-state index in [1.165, 1.54) is 0 Å². The van der Waals surface area contributed by atoms with E-state index in [9.17, 15) is 4.79 Å². The van der Waals surface area contributed by atoms with Crippen LogP contribution < -0.4 is 16.0 Å². The normalized spacial score (nSPS) is 12.2. The maximum Gasteiger partial charge on any atom is 0.408 e. The van der Waals surface area contributed by atoms with Gasteiger partial charge in [0, 0.05) is 20.1 Å². The van der Waals surface area contributed by atoms with Gasteiger partial charge in [0.2, 0.25) is 0 Å². The third-order valence-corrected chi connectivity index (χ3v) is 3.92. The van der Waals surface area contributed by atoms with Crippen molar-refractivity contribution < 1.29 is 9.53 Å². The maximum atomic E-state index is 12.1. The predicted molar refractivity (Wildman–Crippen MR) is 127 cm³/mol. The highest BCUT2D eigenvalue weighted by atomic mass is 127. The summed E-state index contributed by atoms with van der Waals surface area (Å²) in [5.74, 6) is 2.31. The number of carbonyl (C=O) groups is 1. The number of aliphatic imine (C=N–C) groups is 1. The van der Waals surface area contributed by atoms with Gasteiger partial charge < -0.3 is 25.3 Å². The van der Waals surface area contributed by atoms with Gasteiger partial charge in [-0.05, 0) is 48.0 Å². The van der Waals surface area contributed by atoms with Crippen LogP contribution in [0.1, 0.15) is 66.0 Å². The number of hydrogen-bond acceptors (Lipinski definition) is 5. The van der Waals surface area contributed by atoms with Crippen molar-refractivity contribution in [2.45, 2.75) is 79.0 Å². The number of halogens is 1. The molecule has 0 atom stereocenters. The number of guanidine groups is 1. The number of alkyl carbamates (subject to hydrolysis) is 1. The van der Waals surface area contributed by atoms with Crippen molar-refractivity contribution in [1.82, 2.24) is 30.7 Å². The highest BCUT2D eigenvalue weighted by Gasteiger charge is 2.24. The fourth-order valence-electron chi connectivity index (χ4n) is 2.23. The van der Waals surface area contributed by atoms with Crippen LogP contribution in [0.3, 0.4) is 0 Å². The summed E-state index contributed by atoms with van der Waals surface area (Å²) in [7, 11) is 1.92. The minimum absolute atomic E-state index is 0. The molecule has 10 heteroatoms. The van der Waals surface area contributed by atoms with Crippen LogP contribution in [0.2, 0.25) is 0 Å². The second-order valence-electron chi connectivity index (χ2n) is 8.53. The van der Waals surface area contributed by atoms with Crippen molar-refractivity contribution in [3.63, 3.8) is 0 Å². The van der Waals surface area contributed by atoms with Gasteiger partial charge in [-0.2, -0.15) is 0 Å². The summed E-state index contributed by atoms with van der Waals surface area (Å²) < 4.78 is 7.26. The number of unbranched alkanes of at least 4 members (excludes halogenated alkanes) is 1. The fraction of sp³-hybridized carbons (Fsp3) is 0.789. The number of nitrogens with one attached hydrogen (secondary N) is 3. The summed E-state index contributed by atoms with van der Waals surface area (Å²) in [5, 5.41) is 17.7. The molecule has 0 aromatic carbocycles. The summed E-state index contributed by atoms with van der Waals surface area (Å²) in [4.78, 5) is 16.7. The molecular weight excluding hydrogens is 485 g/mol. The molecule has 0 aliphatic heterocycles. The monoisotopic (exact) mass is 523 g/mol. The first-order chi connectivity index (χ1) is 12.9. The third-order valence-electron chi connectivity index (χ3n) is 3.92. The van der Waals surface area contributed by atoms with Gasteiger partial charge in [0.15, 0.2) is 11.8 Å². The van der Waals surface area contributed by atoms with E-state index in [4.69, 9.17) is 4.74 Å². The first-order valence-corrected chi connectivity index (χ1v) is 9.82. The molecule has 0 saturated carbocycles. The number of carbonyl (C=O) groups excluding carboxylic acids is 1. The van der Waals surface area contributed by atoms with E-state index in [1.54, 1.807) is 0 Å². The van der Waals surface area contributed by atoms with Gasteiger partial charge in [0.05, 0.1) is 5.54 Å². The first-order valence-electron chi connectivity index (χ1n) is 9.82. The standard InChI is InChI=1S/C19H37N7O2.HI/c1-9-10-11-20-16(21-12-15-25-24-14(2)26(15)8)22-13-19(6,7)23-17(27)28-18(3,4)5;/h9-13H2,1-8H3,(H,23,27)(H2,20,21,22);1H. The smallest absolute Gasteiger partial charge is 0.408 e. The van der Waals surface area contributed by atoms with E-state index in [-0.39, 0.29) is 24.0 Å². The van der Waals surface area contributed by atoms with Crippen molar-refractivity contribution in [2.24, 2.45) is 12.0 Å². The zero-order valence-electron chi connectivity index (χ0n) is 19.0. The Kier molecular flexibility index (Phi) is 11.5. The second kappa shape index (κ2) is 12.2. The number of hydrogen-bond donors (Lipinski definition) is 3. The number of aromatic nitrogens is 3. The van der Waals surface area contributed by atoms with E-state index < -0.39 is 17.2 Å². The van der Waals surface area contributed by atoms with Crippen molar-refractivity contribution in [3.05, 3.63) is 11.6 Å². The van der Waals surface area contributed by atoms with Gasteiger partial charge in [-0.1, -0.05) is 13.3 Å². The molecule has 0 aliphatic carbocycles.